The second-order valence-electron chi connectivity index (χ2n) is 6.39. The first-order chi connectivity index (χ1) is 10.9. The summed E-state index contributed by atoms with van der Waals surface area (Å²) in [5.74, 6) is -0.274. The van der Waals surface area contributed by atoms with E-state index in [1.807, 2.05) is 30.9 Å². The fourth-order valence-corrected chi connectivity index (χ4v) is 3.57. The van der Waals surface area contributed by atoms with E-state index >= 15 is 0 Å². The van der Waals surface area contributed by atoms with E-state index in [9.17, 15) is 9.59 Å². The van der Waals surface area contributed by atoms with Gasteiger partial charge in [0.2, 0.25) is 11.8 Å². The Kier molecular flexibility index (Phi) is 4.60. The third-order valence-corrected chi connectivity index (χ3v) is 4.56. The fraction of sp³-hybridized carbons (Fsp3) is 0.529. The molecule has 0 spiro atoms. The maximum Gasteiger partial charge on any atom is 0.228 e. The zero-order valence-corrected chi connectivity index (χ0v) is 14.1. The van der Waals surface area contributed by atoms with Crippen molar-refractivity contribution in [2.45, 2.75) is 32.5 Å². The molecule has 2 fully saturated rings. The smallest absolute Gasteiger partial charge is 0.228 e. The average molecular weight is 337 g/mol. The molecule has 0 saturated carbocycles. The van der Waals surface area contributed by atoms with Gasteiger partial charge in [0.25, 0.3) is 0 Å². The number of nitrogens with zero attached hydrogens (tertiary/aromatic N) is 2. The molecule has 3 atom stereocenters. The second kappa shape index (κ2) is 6.49. The van der Waals surface area contributed by atoms with Gasteiger partial charge in [-0.1, -0.05) is 17.7 Å². The summed E-state index contributed by atoms with van der Waals surface area (Å²) in [6.45, 7) is 5.52. The molecule has 6 heteroatoms. The average Bonchev–Trinajstić information content (AvgIpc) is 2.87. The number of amides is 2. The van der Waals surface area contributed by atoms with E-state index in [0.29, 0.717) is 24.7 Å². The Morgan fingerprint density at radius 3 is 2.57 bits per heavy atom. The lowest BCUT2D eigenvalue weighted by atomic mass is 10.1. The molecule has 0 bridgehead atoms. The van der Waals surface area contributed by atoms with Crippen LogP contribution in [0.4, 0.5) is 5.69 Å². The monoisotopic (exact) mass is 336 g/mol. The highest BCUT2D eigenvalue weighted by Gasteiger charge is 2.38. The van der Waals surface area contributed by atoms with Crippen molar-refractivity contribution in [3.63, 3.8) is 0 Å². The molecule has 124 valence electrons. The predicted molar refractivity (Wildman–Crippen MR) is 88.5 cm³/mol. The van der Waals surface area contributed by atoms with Gasteiger partial charge in [0.1, 0.15) is 0 Å². The van der Waals surface area contributed by atoms with E-state index in [1.54, 1.807) is 17.0 Å². The number of anilines is 1. The van der Waals surface area contributed by atoms with Crippen LogP contribution in [0.5, 0.6) is 0 Å². The molecule has 2 aliphatic heterocycles. The number of hydrogen-bond acceptors (Lipinski definition) is 3. The van der Waals surface area contributed by atoms with Crippen LogP contribution < -0.4 is 4.90 Å². The Balaban J connectivity index is 1.70. The summed E-state index contributed by atoms with van der Waals surface area (Å²) in [4.78, 5) is 28.5. The maximum absolute atomic E-state index is 12.7. The van der Waals surface area contributed by atoms with Gasteiger partial charge < -0.3 is 14.5 Å². The second-order valence-corrected chi connectivity index (χ2v) is 6.82. The van der Waals surface area contributed by atoms with Crippen LogP contribution >= 0.6 is 11.6 Å². The van der Waals surface area contributed by atoms with Gasteiger partial charge in [-0.2, -0.15) is 0 Å². The molecule has 1 aromatic rings. The molecule has 0 N–H and O–H groups in total. The number of ether oxygens (including phenoxy) is 1. The van der Waals surface area contributed by atoms with Crippen molar-refractivity contribution in [1.82, 2.24) is 4.90 Å². The van der Waals surface area contributed by atoms with Crippen molar-refractivity contribution in [3.8, 4) is 0 Å². The molecule has 2 amide bonds. The number of carbonyl (C=O) groups is 2. The van der Waals surface area contributed by atoms with E-state index in [4.69, 9.17) is 16.3 Å². The van der Waals surface area contributed by atoms with Gasteiger partial charge in [-0.15, -0.1) is 0 Å². The Labute approximate surface area is 141 Å². The normalized spacial score (nSPS) is 28.3. The van der Waals surface area contributed by atoms with Crippen LogP contribution in [-0.2, 0) is 14.3 Å². The number of carbonyl (C=O) groups excluding carboxylic acids is 2. The quantitative estimate of drug-likeness (QED) is 0.833. The Hall–Kier alpha value is -1.59. The molecule has 5 nitrogen and oxygen atoms in total. The molecule has 2 aliphatic rings. The molecule has 0 aromatic heterocycles. The molecule has 3 unspecified atom stereocenters. The van der Waals surface area contributed by atoms with E-state index < -0.39 is 0 Å². The highest BCUT2D eigenvalue weighted by molar-refractivity contribution is 6.30. The minimum absolute atomic E-state index is 0.0278. The molecule has 2 saturated heterocycles. The summed E-state index contributed by atoms with van der Waals surface area (Å²) in [7, 11) is 0. The summed E-state index contributed by atoms with van der Waals surface area (Å²) < 4.78 is 5.67. The van der Waals surface area contributed by atoms with Crippen molar-refractivity contribution >= 4 is 29.1 Å². The number of rotatable bonds is 2. The van der Waals surface area contributed by atoms with Gasteiger partial charge in [0.15, 0.2) is 0 Å². The lowest BCUT2D eigenvalue weighted by molar-refractivity contribution is -0.147. The molecule has 3 rings (SSSR count). The zero-order valence-electron chi connectivity index (χ0n) is 13.4. The van der Waals surface area contributed by atoms with Gasteiger partial charge in [0.05, 0.1) is 18.1 Å². The Bertz CT molecular complexity index is 612. The standard InChI is InChI=1S/C17H21ClN2O3/c1-11-8-19(9-12(2)23-11)17(22)13-6-16(21)20(10-13)15-5-3-4-14(18)7-15/h3-5,7,11-13H,6,8-10H2,1-2H3. The largest absolute Gasteiger partial charge is 0.372 e. The molecule has 2 heterocycles. The molecular weight excluding hydrogens is 316 g/mol. The summed E-state index contributed by atoms with van der Waals surface area (Å²) in [6, 6.07) is 7.18. The highest BCUT2D eigenvalue weighted by atomic mass is 35.5. The van der Waals surface area contributed by atoms with Crippen LogP contribution in [0, 0.1) is 5.92 Å². The van der Waals surface area contributed by atoms with Crippen LogP contribution in [0.1, 0.15) is 20.3 Å². The van der Waals surface area contributed by atoms with Gasteiger partial charge in [0, 0.05) is 36.8 Å². The fourth-order valence-electron chi connectivity index (χ4n) is 3.38. The predicted octanol–water partition coefficient (Wildman–Crippen LogP) is 2.33. The minimum atomic E-state index is -0.293. The van der Waals surface area contributed by atoms with Gasteiger partial charge >= 0.3 is 0 Å². The van der Waals surface area contributed by atoms with Gasteiger partial charge in [-0.3, -0.25) is 9.59 Å². The van der Waals surface area contributed by atoms with Crippen molar-refractivity contribution < 1.29 is 14.3 Å². The third kappa shape index (κ3) is 3.51. The first-order valence-corrected chi connectivity index (χ1v) is 8.32. The zero-order chi connectivity index (χ0) is 16.6. The van der Waals surface area contributed by atoms with Crippen molar-refractivity contribution in [2.75, 3.05) is 24.5 Å². The number of hydrogen-bond donors (Lipinski definition) is 0. The highest BCUT2D eigenvalue weighted by Crippen LogP contribution is 2.28. The lowest BCUT2D eigenvalue weighted by Crippen LogP contribution is -2.50. The van der Waals surface area contributed by atoms with Crippen molar-refractivity contribution in [3.05, 3.63) is 29.3 Å². The lowest BCUT2D eigenvalue weighted by Gasteiger charge is -2.36. The van der Waals surface area contributed by atoms with Crippen LogP contribution in [-0.4, -0.2) is 48.6 Å². The molecule has 23 heavy (non-hydrogen) atoms. The van der Waals surface area contributed by atoms with Gasteiger partial charge in [-0.05, 0) is 32.0 Å². The molecule has 0 aliphatic carbocycles. The summed E-state index contributed by atoms with van der Waals surface area (Å²) >= 11 is 6.00. The van der Waals surface area contributed by atoms with E-state index in [-0.39, 0.29) is 36.4 Å². The third-order valence-electron chi connectivity index (χ3n) is 4.33. The minimum Gasteiger partial charge on any atom is -0.372 e. The maximum atomic E-state index is 12.7. The number of halogens is 1. The number of benzene rings is 1. The summed E-state index contributed by atoms with van der Waals surface area (Å²) in [5, 5.41) is 0.584. The molecule has 0 radical (unpaired) electrons. The van der Waals surface area contributed by atoms with Crippen LogP contribution in [0.15, 0.2) is 24.3 Å². The first kappa shape index (κ1) is 16.3. The van der Waals surface area contributed by atoms with Crippen LogP contribution in [0.25, 0.3) is 0 Å². The topological polar surface area (TPSA) is 49.9 Å². The van der Waals surface area contributed by atoms with Crippen LogP contribution in [0.3, 0.4) is 0 Å². The number of morpholine rings is 1. The van der Waals surface area contributed by atoms with Crippen molar-refractivity contribution in [2.24, 2.45) is 5.92 Å². The molecular formula is C17H21ClN2O3. The summed E-state index contributed by atoms with van der Waals surface area (Å²) in [5.41, 5.74) is 0.751. The van der Waals surface area contributed by atoms with E-state index in [1.165, 1.54) is 0 Å². The van der Waals surface area contributed by atoms with E-state index in [0.717, 1.165) is 5.69 Å². The Morgan fingerprint density at radius 1 is 1.22 bits per heavy atom. The Morgan fingerprint density at radius 2 is 1.91 bits per heavy atom. The van der Waals surface area contributed by atoms with Crippen LogP contribution in [0.2, 0.25) is 5.02 Å². The van der Waals surface area contributed by atoms with Gasteiger partial charge in [-0.25, -0.2) is 0 Å². The summed E-state index contributed by atoms with van der Waals surface area (Å²) in [6.07, 6.45) is 0.318. The SMILES string of the molecule is CC1CN(C(=O)C2CC(=O)N(c3cccc(Cl)c3)C2)CC(C)O1. The first-order valence-electron chi connectivity index (χ1n) is 7.94. The van der Waals surface area contributed by atoms with E-state index in [2.05, 4.69) is 0 Å². The molecule has 1 aromatic carbocycles. The van der Waals surface area contributed by atoms with Crippen molar-refractivity contribution in [1.29, 1.82) is 0 Å².